The van der Waals surface area contributed by atoms with Crippen molar-refractivity contribution in [3.63, 3.8) is 0 Å². The molecule has 0 saturated carbocycles. The molecule has 2 rings (SSSR count). The van der Waals surface area contributed by atoms with Crippen molar-refractivity contribution in [3.8, 4) is 0 Å². The van der Waals surface area contributed by atoms with Gasteiger partial charge in [-0.15, -0.1) is 0 Å². The second kappa shape index (κ2) is 5.72. The van der Waals surface area contributed by atoms with Crippen LogP contribution in [0.2, 0.25) is 10.0 Å². The molecule has 98 valence electrons. The Bertz CT molecular complexity index is 638. The Kier molecular flexibility index (Phi) is 4.23. The lowest BCUT2D eigenvalue weighted by Gasteiger charge is -2.06. The molecule has 0 spiro atoms. The minimum absolute atomic E-state index is 0.0272. The zero-order valence-corrected chi connectivity index (χ0v) is 11.7. The fourth-order valence-electron chi connectivity index (χ4n) is 1.79. The van der Waals surface area contributed by atoms with Gasteiger partial charge in [0.25, 0.3) is 0 Å². The Labute approximate surface area is 121 Å². The minimum atomic E-state index is -0.511. The van der Waals surface area contributed by atoms with E-state index < -0.39 is 5.82 Å². The molecular formula is C15H11Cl2FO. The number of ketones is 1. The van der Waals surface area contributed by atoms with Crippen molar-refractivity contribution >= 4 is 29.0 Å². The SMILES string of the molecule is Cc1ccc(C(=O)Cc2cc(Cl)ccc2Cl)c(F)c1. The van der Waals surface area contributed by atoms with Gasteiger partial charge in [0.05, 0.1) is 5.56 Å². The Morgan fingerprint density at radius 2 is 1.89 bits per heavy atom. The smallest absolute Gasteiger partial charge is 0.170 e. The largest absolute Gasteiger partial charge is 0.294 e. The number of carbonyl (C=O) groups is 1. The van der Waals surface area contributed by atoms with Gasteiger partial charge in [0, 0.05) is 16.5 Å². The molecule has 0 radical (unpaired) electrons. The summed E-state index contributed by atoms with van der Waals surface area (Å²) < 4.78 is 13.7. The number of rotatable bonds is 3. The lowest BCUT2D eigenvalue weighted by molar-refractivity contribution is 0.0989. The van der Waals surface area contributed by atoms with Gasteiger partial charge in [-0.05, 0) is 48.4 Å². The highest BCUT2D eigenvalue weighted by atomic mass is 35.5. The standard InChI is InChI=1S/C15H11Cl2FO/c1-9-2-4-12(14(18)6-9)15(19)8-10-7-11(16)3-5-13(10)17/h2-7H,8H2,1H3. The van der Waals surface area contributed by atoms with Crippen LogP contribution in [0.1, 0.15) is 21.5 Å². The summed E-state index contributed by atoms with van der Waals surface area (Å²) in [7, 11) is 0. The minimum Gasteiger partial charge on any atom is -0.294 e. The lowest BCUT2D eigenvalue weighted by atomic mass is 10.0. The molecule has 4 heteroatoms. The van der Waals surface area contributed by atoms with E-state index in [1.807, 2.05) is 0 Å². The Balaban J connectivity index is 2.28. The highest BCUT2D eigenvalue weighted by Gasteiger charge is 2.14. The van der Waals surface area contributed by atoms with E-state index >= 15 is 0 Å². The maximum atomic E-state index is 13.7. The van der Waals surface area contributed by atoms with E-state index in [-0.39, 0.29) is 17.8 Å². The normalized spacial score (nSPS) is 10.5. The van der Waals surface area contributed by atoms with E-state index in [1.165, 1.54) is 12.1 Å². The van der Waals surface area contributed by atoms with Gasteiger partial charge in [-0.25, -0.2) is 4.39 Å². The van der Waals surface area contributed by atoms with Crippen LogP contribution < -0.4 is 0 Å². The number of hydrogen-bond donors (Lipinski definition) is 0. The average Bonchev–Trinajstić information content (AvgIpc) is 2.33. The molecule has 0 N–H and O–H groups in total. The first-order chi connectivity index (χ1) is 8.97. The summed E-state index contributed by atoms with van der Waals surface area (Å²) in [6, 6.07) is 9.42. The number of carbonyl (C=O) groups excluding carboxylic acids is 1. The van der Waals surface area contributed by atoms with Crippen LogP contribution >= 0.6 is 23.2 Å². The molecule has 2 aromatic rings. The van der Waals surface area contributed by atoms with E-state index in [9.17, 15) is 9.18 Å². The quantitative estimate of drug-likeness (QED) is 0.739. The molecule has 0 aliphatic carbocycles. The van der Waals surface area contributed by atoms with Gasteiger partial charge >= 0.3 is 0 Å². The fourth-order valence-corrected chi connectivity index (χ4v) is 2.17. The van der Waals surface area contributed by atoms with Crippen molar-refractivity contribution in [2.24, 2.45) is 0 Å². The summed E-state index contributed by atoms with van der Waals surface area (Å²) in [6.07, 6.45) is 0.0272. The molecule has 0 aliphatic heterocycles. The summed E-state index contributed by atoms with van der Waals surface area (Å²) >= 11 is 11.8. The van der Waals surface area contributed by atoms with E-state index in [0.717, 1.165) is 5.56 Å². The first-order valence-corrected chi connectivity index (χ1v) is 6.46. The van der Waals surface area contributed by atoms with Crippen molar-refractivity contribution in [3.05, 3.63) is 69.0 Å². The second-order valence-electron chi connectivity index (χ2n) is 4.32. The summed E-state index contributed by atoms with van der Waals surface area (Å²) in [5.74, 6) is -0.829. The molecule has 19 heavy (non-hydrogen) atoms. The number of halogens is 3. The van der Waals surface area contributed by atoms with Crippen molar-refractivity contribution < 1.29 is 9.18 Å². The van der Waals surface area contributed by atoms with Crippen molar-refractivity contribution in [1.29, 1.82) is 0 Å². The highest BCUT2D eigenvalue weighted by Crippen LogP contribution is 2.23. The van der Waals surface area contributed by atoms with Gasteiger partial charge in [-0.2, -0.15) is 0 Å². The van der Waals surface area contributed by atoms with Crippen LogP contribution in [0.3, 0.4) is 0 Å². The van der Waals surface area contributed by atoms with Crippen LogP contribution in [-0.4, -0.2) is 5.78 Å². The Morgan fingerprint density at radius 1 is 1.16 bits per heavy atom. The number of benzene rings is 2. The summed E-state index contributed by atoms with van der Waals surface area (Å²) in [6.45, 7) is 1.77. The average molecular weight is 297 g/mol. The Morgan fingerprint density at radius 3 is 2.58 bits per heavy atom. The van der Waals surface area contributed by atoms with Crippen LogP contribution in [0.4, 0.5) is 4.39 Å². The van der Waals surface area contributed by atoms with E-state index in [4.69, 9.17) is 23.2 Å². The third-order valence-electron chi connectivity index (χ3n) is 2.78. The molecule has 0 aliphatic rings. The summed E-state index contributed by atoms with van der Waals surface area (Å²) in [5.41, 5.74) is 1.44. The van der Waals surface area contributed by atoms with Crippen molar-refractivity contribution in [2.45, 2.75) is 13.3 Å². The molecule has 0 amide bonds. The molecule has 0 aromatic heterocycles. The molecular weight excluding hydrogens is 286 g/mol. The number of aryl methyl sites for hydroxylation is 1. The van der Waals surface area contributed by atoms with Gasteiger partial charge in [-0.3, -0.25) is 4.79 Å². The number of hydrogen-bond acceptors (Lipinski definition) is 1. The highest BCUT2D eigenvalue weighted by molar-refractivity contribution is 6.33. The third-order valence-corrected chi connectivity index (χ3v) is 3.39. The van der Waals surface area contributed by atoms with E-state index in [2.05, 4.69) is 0 Å². The third kappa shape index (κ3) is 3.34. The van der Waals surface area contributed by atoms with E-state index in [0.29, 0.717) is 15.6 Å². The molecule has 0 heterocycles. The maximum Gasteiger partial charge on any atom is 0.170 e. The zero-order chi connectivity index (χ0) is 14.0. The summed E-state index contributed by atoms with van der Waals surface area (Å²) in [5, 5.41) is 0.946. The first-order valence-electron chi connectivity index (χ1n) is 5.70. The van der Waals surface area contributed by atoms with Crippen molar-refractivity contribution in [2.75, 3.05) is 0 Å². The van der Waals surface area contributed by atoms with Crippen molar-refractivity contribution in [1.82, 2.24) is 0 Å². The monoisotopic (exact) mass is 296 g/mol. The van der Waals surface area contributed by atoms with Gasteiger partial charge < -0.3 is 0 Å². The topological polar surface area (TPSA) is 17.1 Å². The van der Waals surface area contributed by atoms with Crippen LogP contribution in [-0.2, 0) is 6.42 Å². The van der Waals surface area contributed by atoms with Gasteiger partial charge in [0.1, 0.15) is 5.82 Å². The Hall–Kier alpha value is -1.38. The van der Waals surface area contributed by atoms with Crippen LogP contribution in [0.5, 0.6) is 0 Å². The molecule has 1 nitrogen and oxygen atoms in total. The van der Waals surface area contributed by atoms with Crippen LogP contribution in [0.25, 0.3) is 0 Å². The molecule has 0 bridgehead atoms. The van der Waals surface area contributed by atoms with Gasteiger partial charge in [-0.1, -0.05) is 29.3 Å². The zero-order valence-electron chi connectivity index (χ0n) is 10.2. The molecule has 0 atom stereocenters. The predicted molar refractivity (Wildman–Crippen MR) is 75.6 cm³/mol. The molecule has 0 saturated heterocycles. The molecule has 0 unspecified atom stereocenters. The number of Topliss-reactive ketones (excluding diaryl/α,β-unsaturated/α-hetero) is 1. The summed E-state index contributed by atoms with van der Waals surface area (Å²) in [4.78, 5) is 12.1. The van der Waals surface area contributed by atoms with Crippen LogP contribution in [0, 0.1) is 12.7 Å². The van der Waals surface area contributed by atoms with E-state index in [1.54, 1.807) is 31.2 Å². The molecule has 2 aromatic carbocycles. The van der Waals surface area contributed by atoms with Gasteiger partial charge in [0.15, 0.2) is 5.78 Å². The van der Waals surface area contributed by atoms with Crippen LogP contribution in [0.15, 0.2) is 36.4 Å². The van der Waals surface area contributed by atoms with Gasteiger partial charge in [0.2, 0.25) is 0 Å². The first kappa shape index (κ1) is 14.0. The second-order valence-corrected chi connectivity index (χ2v) is 5.16. The lowest BCUT2D eigenvalue weighted by Crippen LogP contribution is -2.06. The maximum absolute atomic E-state index is 13.7. The fraction of sp³-hybridized carbons (Fsp3) is 0.133. The molecule has 0 fully saturated rings. The predicted octanol–water partition coefficient (Wildman–Crippen LogP) is 4.87.